The molecule has 3 nitrogen and oxygen atoms in total. The number of carbonyl (C=O) groups excluding carboxylic acids is 1. The molecule has 0 heterocycles. The highest BCUT2D eigenvalue weighted by Crippen LogP contribution is 2.41. The first-order valence-electron chi connectivity index (χ1n) is 7.12. The van der Waals surface area contributed by atoms with E-state index in [1.165, 1.54) is 5.56 Å². The van der Waals surface area contributed by atoms with Gasteiger partial charge in [0.2, 0.25) is 0 Å². The summed E-state index contributed by atoms with van der Waals surface area (Å²) in [6.07, 6.45) is 3.07. The van der Waals surface area contributed by atoms with Crippen LogP contribution in [0.25, 0.3) is 0 Å². The van der Waals surface area contributed by atoms with Crippen molar-refractivity contribution in [2.45, 2.75) is 24.8 Å². The van der Waals surface area contributed by atoms with Gasteiger partial charge in [-0.2, -0.15) is 5.26 Å². The molecule has 3 heteroatoms. The predicted molar refractivity (Wildman–Crippen MR) is 80.6 cm³/mol. The summed E-state index contributed by atoms with van der Waals surface area (Å²) in [6, 6.07) is 18.9. The van der Waals surface area contributed by atoms with E-state index in [4.69, 9.17) is 5.26 Å². The maximum Gasteiger partial charge on any atom is 0.251 e. The van der Waals surface area contributed by atoms with E-state index in [2.05, 4.69) is 23.5 Å². The summed E-state index contributed by atoms with van der Waals surface area (Å²) < 4.78 is 0. The maximum atomic E-state index is 12.4. The second-order valence-electron chi connectivity index (χ2n) is 5.44. The lowest BCUT2D eigenvalue weighted by Crippen LogP contribution is -2.50. The molecule has 1 aliphatic rings. The van der Waals surface area contributed by atoms with Crippen LogP contribution < -0.4 is 5.32 Å². The molecular formula is C18H16N2O. The minimum absolute atomic E-state index is 0.0805. The molecule has 0 atom stereocenters. The highest BCUT2D eigenvalue weighted by Gasteiger charge is 2.39. The lowest BCUT2D eigenvalue weighted by atomic mass is 9.71. The van der Waals surface area contributed by atoms with Crippen LogP contribution in [0.15, 0.2) is 54.6 Å². The fourth-order valence-electron chi connectivity index (χ4n) is 2.76. The van der Waals surface area contributed by atoms with Crippen molar-refractivity contribution in [2.24, 2.45) is 0 Å². The van der Waals surface area contributed by atoms with E-state index in [9.17, 15) is 4.79 Å². The molecule has 0 bridgehead atoms. The highest BCUT2D eigenvalue weighted by atomic mass is 16.1. The van der Waals surface area contributed by atoms with Crippen LogP contribution in [0.2, 0.25) is 0 Å². The number of hydrogen-bond donors (Lipinski definition) is 1. The average molecular weight is 276 g/mol. The van der Waals surface area contributed by atoms with E-state index >= 15 is 0 Å². The molecule has 1 aliphatic carbocycles. The molecule has 1 amide bonds. The van der Waals surface area contributed by atoms with E-state index in [0.717, 1.165) is 19.3 Å². The third kappa shape index (κ3) is 2.53. The van der Waals surface area contributed by atoms with Crippen molar-refractivity contribution >= 4 is 5.91 Å². The van der Waals surface area contributed by atoms with Gasteiger partial charge in [-0.25, -0.2) is 0 Å². The largest absolute Gasteiger partial charge is 0.343 e. The Bertz CT molecular complexity index is 679. The Morgan fingerprint density at radius 2 is 1.71 bits per heavy atom. The average Bonchev–Trinajstić information content (AvgIpc) is 2.51. The summed E-state index contributed by atoms with van der Waals surface area (Å²) >= 11 is 0. The van der Waals surface area contributed by atoms with Crippen molar-refractivity contribution < 1.29 is 4.79 Å². The molecule has 3 rings (SSSR count). The minimum atomic E-state index is -0.230. The van der Waals surface area contributed by atoms with Crippen LogP contribution in [0.3, 0.4) is 0 Å². The summed E-state index contributed by atoms with van der Waals surface area (Å²) in [5, 5.41) is 12.0. The van der Waals surface area contributed by atoms with Gasteiger partial charge >= 0.3 is 0 Å². The van der Waals surface area contributed by atoms with Gasteiger partial charge in [-0.05, 0) is 49.1 Å². The van der Waals surface area contributed by atoms with Gasteiger partial charge < -0.3 is 5.32 Å². The fraction of sp³-hybridized carbons (Fsp3) is 0.222. The van der Waals surface area contributed by atoms with Gasteiger partial charge in [-0.1, -0.05) is 30.3 Å². The standard InChI is InChI=1S/C18H16N2O/c19-13-14-7-9-15(10-8-14)17(21)20-18(11-4-12-18)16-5-2-1-3-6-16/h1-3,5-10H,4,11-12H2,(H,20,21). The molecule has 0 aliphatic heterocycles. The van der Waals surface area contributed by atoms with Crippen molar-refractivity contribution in [1.29, 1.82) is 5.26 Å². The third-order valence-electron chi connectivity index (χ3n) is 4.16. The molecule has 1 N–H and O–H groups in total. The molecule has 0 spiro atoms. The van der Waals surface area contributed by atoms with Crippen LogP contribution in [0.4, 0.5) is 0 Å². The van der Waals surface area contributed by atoms with Crippen molar-refractivity contribution in [3.8, 4) is 6.07 Å². The van der Waals surface area contributed by atoms with Crippen molar-refractivity contribution in [2.75, 3.05) is 0 Å². The Labute approximate surface area is 124 Å². The Balaban J connectivity index is 1.81. The van der Waals surface area contributed by atoms with E-state index in [0.29, 0.717) is 11.1 Å². The Morgan fingerprint density at radius 1 is 1.05 bits per heavy atom. The zero-order valence-corrected chi connectivity index (χ0v) is 11.7. The molecular weight excluding hydrogens is 260 g/mol. The summed E-state index contributed by atoms with van der Waals surface area (Å²) in [5.41, 5.74) is 2.09. The number of amides is 1. The first-order chi connectivity index (χ1) is 10.2. The van der Waals surface area contributed by atoms with E-state index in [-0.39, 0.29) is 11.4 Å². The van der Waals surface area contributed by atoms with Crippen LogP contribution in [0.1, 0.15) is 40.7 Å². The summed E-state index contributed by atoms with van der Waals surface area (Å²) in [6.45, 7) is 0. The van der Waals surface area contributed by atoms with Gasteiger partial charge in [0.1, 0.15) is 0 Å². The normalized spacial score (nSPS) is 15.6. The lowest BCUT2D eigenvalue weighted by Gasteiger charge is -2.43. The van der Waals surface area contributed by atoms with Crippen LogP contribution >= 0.6 is 0 Å². The number of rotatable bonds is 3. The maximum absolute atomic E-state index is 12.4. The molecule has 0 saturated heterocycles. The number of carbonyl (C=O) groups is 1. The third-order valence-corrected chi connectivity index (χ3v) is 4.16. The summed E-state index contributed by atoms with van der Waals surface area (Å²) in [7, 11) is 0. The van der Waals surface area contributed by atoms with E-state index < -0.39 is 0 Å². The molecule has 2 aromatic carbocycles. The van der Waals surface area contributed by atoms with Gasteiger partial charge in [0.15, 0.2) is 0 Å². The number of hydrogen-bond acceptors (Lipinski definition) is 2. The lowest BCUT2D eigenvalue weighted by molar-refractivity contribution is 0.0823. The SMILES string of the molecule is N#Cc1ccc(C(=O)NC2(c3ccccc3)CCC2)cc1. The number of nitrogens with one attached hydrogen (secondary N) is 1. The van der Waals surface area contributed by atoms with E-state index in [1.807, 2.05) is 18.2 Å². The highest BCUT2D eigenvalue weighted by molar-refractivity contribution is 5.95. The quantitative estimate of drug-likeness (QED) is 0.934. The molecule has 0 aromatic heterocycles. The number of benzene rings is 2. The van der Waals surface area contributed by atoms with Crippen LogP contribution in [0.5, 0.6) is 0 Å². The summed E-state index contributed by atoms with van der Waals surface area (Å²) in [4.78, 5) is 12.4. The second-order valence-corrected chi connectivity index (χ2v) is 5.44. The zero-order valence-electron chi connectivity index (χ0n) is 11.7. The molecule has 0 unspecified atom stereocenters. The van der Waals surface area contributed by atoms with Crippen molar-refractivity contribution in [3.63, 3.8) is 0 Å². The number of nitriles is 1. The first kappa shape index (κ1) is 13.4. The second kappa shape index (κ2) is 5.41. The Morgan fingerprint density at radius 3 is 2.24 bits per heavy atom. The first-order valence-corrected chi connectivity index (χ1v) is 7.12. The fourth-order valence-corrected chi connectivity index (χ4v) is 2.76. The van der Waals surface area contributed by atoms with E-state index in [1.54, 1.807) is 24.3 Å². The van der Waals surface area contributed by atoms with Gasteiger partial charge in [0.25, 0.3) is 5.91 Å². The molecule has 0 radical (unpaired) electrons. The molecule has 2 aromatic rings. The van der Waals surface area contributed by atoms with Gasteiger partial charge in [-0.15, -0.1) is 0 Å². The molecule has 21 heavy (non-hydrogen) atoms. The minimum Gasteiger partial charge on any atom is -0.343 e. The number of nitrogens with zero attached hydrogens (tertiary/aromatic N) is 1. The van der Waals surface area contributed by atoms with Crippen LogP contribution in [0, 0.1) is 11.3 Å². The predicted octanol–water partition coefficient (Wildman–Crippen LogP) is 3.37. The molecule has 104 valence electrons. The van der Waals surface area contributed by atoms with Crippen molar-refractivity contribution in [3.05, 3.63) is 71.3 Å². The van der Waals surface area contributed by atoms with Gasteiger partial charge in [-0.3, -0.25) is 4.79 Å². The zero-order chi connectivity index (χ0) is 14.7. The van der Waals surface area contributed by atoms with Gasteiger partial charge in [0, 0.05) is 5.56 Å². The molecule has 1 fully saturated rings. The molecule has 1 saturated carbocycles. The monoisotopic (exact) mass is 276 g/mol. The van der Waals surface area contributed by atoms with Gasteiger partial charge in [0.05, 0.1) is 17.2 Å². The summed E-state index contributed by atoms with van der Waals surface area (Å²) in [5.74, 6) is -0.0805. The smallest absolute Gasteiger partial charge is 0.251 e. The Hall–Kier alpha value is -2.60. The van der Waals surface area contributed by atoms with Crippen molar-refractivity contribution in [1.82, 2.24) is 5.32 Å². The Kier molecular flexibility index (Phi) is 3.45. The van der Waals surface area contributed by atoms with Crippen LogP contribution in [-0.2, 0) is 5.54 Å². The van der Waals surface area contributed by atoms with Crippen LogP contribution in [-0.4, -0.2) is 5.91 Å². The topological polar surface area (TPSA) is 52.9 Å².